The first-order valence-corrected chi connectivity index (χ1v) is 8.60. The summed E-state index contributed by atoms with van der Waals surface area (Å²) in [6.07, 6.45) is 8.19. The number of carbonyl (C=O) groups excluding carboxylic acids is 1. The van der Waals surface area contributed by atoms with Crippen molar-refractivity contribution >= 4 is 5.91 Å². The van der Waals surface area contributed by atoms with Gasteiger partial charge >= 0.3 is 0 Å². The first kappa shape index (κ1) is 16.7. The number of oxazole rings is 1. The normalized spacial score (nSPS) is 15.4. The molecular formula is C19H23FN2O2. The van der Waals surface area contributed by atoms with Crippen LogP contribution in [-0.2, 0) is 11.2 Å². The maximum atomic E-state index is 13.8. The van der Waals surface area contributed by atoms with Gasteiger partial charge in [0.05, 0.1) is 11.8 Å². The van der Waals surface area contributed by atoms with E-state index in [-0.39, 0.29) is 11.7 Å². The molecule has 1 heterocycles. The van der Waals surface area contributed by atoms with E-state index in [1.165, 1.54) is 31.5 Å². The molecule has 0 atom stereocenters. The lowest BCUT2D eigenvalue weighted by Gasteiger charge is -2.31. The predicted molar refractivity (Wildman–Crippen MR) is 89.9 cm³/mol. The Hall–Kier alpha value is -2.17. The summed E-state index contributed by atoms with van der Waals surface area (Å²) in [5.41, 5.74) is 0.391. The highest BCUT2D eigenvalue weighted by molar-refractivity contribution is 5.76. The second-order valence-electron chi connectivity index (χ2n) is 6.39. The fraction of sp³-hybridized carbons (Fsp3) is 0.474. The Balaban J connectivity index is 1.57. The van der Waals surface area contributed by atoms with Crippen LogP contribution in [0.1, 0.15) is 44.4 Å². The van der Waals surface area contributed by atoms with Crippen LogP contribution in [0, 0.1) is 5.82 Å². The summed E-state index contributed by atoms with van der Waals surface area (Å²) >= 11 is 0. The highest BCUT2D eigenvalue weighted by Gasteiger charge is 2.22. The summed E-state index contributed by atoms with van der Waals surface area (Å²) in [5, 5.41) is 0. The van der Waals surface area contributed by atoms with Crippen LogP contribution in [0.25, 0.3) is 11.3 Å². The third-order valence-corrected chi connectivity index (χ3v) is 4.76. The molecule has 24 heavy (non-hydrogen) atoms. The Morgan fingerprint density at radius 1 is 1.29 bits per heavy atom. The van der Waals surface area contributed by atoms with Gasteiger partial charge in [0, 0.05) is 25.9 Å². The number of amides is 1. The molecule has 1 aromatic carbocycles. The van der Waals surface area contributed by atoms with Gasteiger partial charge in [0.25, 0.3) is 0 Å². The van der Waals surface area contributed by atoms with Gasteiger partial charge in [-0.1, -0.05) is 31.4 Å². The smallest absolute Gasteiger partial charge is 0.223 e. The summed E-state index contributed by atoms with van der Waals surface area (Å²) in [7, 11) is 1.89. The standard InChI is InChI=1S/C19H23FN2O2/c1-22(14-7-3-2-4-8-14)19(23)12-11-18-21-13-17(24-18)15-9-5-6-10-16(15)20/h5-6,9-10,13-14H,2-4,7-8,11-12H2,1H3. The summed E-state index contributed by atoms with van der Waals surface area (Å²) in [4.78, 5) is 18.4. The molecule has 0 aliphatic heterocycles. The molecular weight excluding hydrogens is 307 g/mol. The van der Waals surface area contributed by atoms with Gasteiger partial charge in [-0.05, 0) is 25.0 Å². The molecule has 1 aliphatic rings. The number of nitrogens with zero attached hydrogens (tertiary/aromatic N) is 2. The van der Waals surface area contributed by atoms with Crippen molar-refractivity contribution in [3.05, 3.63) is 42.2 Å². The zero-order valence-corrected chi connectivity index (χ0v) is 14.0. The van der Waals surface area contributed by atoms with Crippen molar-refractivity contribution < 1.29 is 13.6 Å². The number of carbonyl (C=O) groups is 1. The van der Waals surface area contributed by atoms with Crippen molar-refractivity contribution in [3.8, 4) is 11.3 Å². The molecule has 3 rings (SSSR count). The first-order chi connectivity index (χ1) is 11.6. The zero-order chi connectivity index (χ0) is 16.9. The summed E-state index contributed by atoms with van der Waals surface area (Å²) in [5.74, 6) is 0.649. The molecule has 0 saturated heterocycles. The van der Waals surface area contributed by atoms with Crippen LogP contribution in [0.2, 0.25) is 0 Å². The third kappa shape index (κ3) is 3.83. The number of aromatic nitrogens is 1. The minimum atomic E-state index is -0.340. The van der Waals surface area contributed by atoms with Crippen LogP contribution in [-0.4, -0.2) is 28.9 Å². The van der Waals surface area contributed by atoms with Crippen molar-refractivity contribution in [1.29, 1.82) is 0 Å². The average Bonchev–Trinajstić information content (AvgIpc) is 3.09. The summed E-state index contributed by atoms with van der Waals surface area (Å²) in [6, 6.07) is 6.80. The molecule has 128 valence electrons. The number of rotatable bonds is 5. The lowest BCUT2D eigenvalue weighted by Crippen LogP contribution is -2.38. The Bertz CT molecular complexity index is 692. The monoisotopic (exact) mass is 330 g/mol. The highest BCUT2D eigenvalue weighted by atomic mass is 19.1. The van der Waals surface area contributed by atoms with Gasteiger partial charge in [-0.2, -0.15) is 0 Å². The molecule has 1 fully saturated rings. The van der Waals surface area contributed by atoms with E-state index in [0.717, 1.165) is 12.8 Å². The van der Waals surface area contributed by atoms with E-state index in [9.17, 15) is 9.18 Å². The largest absolute Gasteiger partial charge is 0.441 e. The fourth-order valence-electron chi connectivity index (χ4n) is 3.27. The Labute approximate surface area is 141 Å². The second kappa shape index (κ2) is 7.60. The van der Waals surface area contributed by atoms with Crippen LogP contribution in [0.5, 0.6) is 0 Å². The van der Waals surface area contributed by atoms with Crippen LogP contribution in [0.3, 0.4) is 0 Å². The number of benzene rings is 1. The van der Waals surface area contributed by atoms with Crippen molar-refractivity contribution in [2.75, 3.05) is 7.05 Å². The maximum Gasteiger partial charge on any atom is 0.223 e. The molecule has 0 spiro atoms. The lowest BCUT2D eigenvalue weighted by atomic mass is 9.94. The minimum Gasteiger partial charge on any atom is -0.441 e. The van der Waals surface area contributed by atoms with E-state index >= 15 is 0 Å². The molecule has 1 amide bonds. The average molecular weight is 330 g/mol. The molecule has 0 radical (unpaired) electrons. The van der Waals surface area contributed by atoms with Gasteiger partial charge in [-0.3, -0.25) is 4.79 Å². The quantitative estimate of drug-likeness (QED) is 0.825. The second-order valence-corrected chi connectivity index (χ2v) is 6.39. The molecule has 0 N–H and O–H groups in total. The number of halogens is 1. The van der Waals surface area contributed by atoms with Gasteiger partial charge < -0.3 is 9.32 Å². The van der Waals surface area contributed by atoms with E-state index in [2.05, 4.69) is 4.98 Å². The summed E-state index contributed by atoms with van der Waals surface area (Å²) in [6.45, 7) is 0. The highest BCUT2D eigenvalue weighted by Crippen LogP contribution is 2.24. The van der Waals surface area contributed by atoms with E-state index in [4.69, 9.17) is 4.42 Å². The maximum absolute atomic E-state index is 13.8. The van der Waals surface area contributed by atoms with Crippen LogP contribution in [0.15, 0.2) is 34.9 Å². The van der Waals surface area contributed by atoms with E-state index in [1.807, 2.05) is 11.9 Å². The zero-order valence-electron chi connectivity index (χ0n) is 14.0. The Kier molecular flexibility index (Phi) is 5.28. The molecule has 4 nitrogen and oxygen atoms in total. The van der Waals surface area contributed by atoms with Gasteiger partial charge in [0.2, 0.25) is 5.91 Å². The number of hydrogen-bond donors (Lipinski definition) is 0. The Morgan fingerprint density at radius 3 is 2.79 bits per heavy atom. The van der Waals surface area contributed by atoms with E-state index in [1.54, 1.807) is 18.2 Å². The van der Waals surface area contributed by atoms with Crippen LogP contribution < -0.4 is 0 Å². The summed E-state index contributed by atoms with van der Waals surface area (Å²) < 4.78 is 19.4. The van der Waals surface area contributed by atoms with Crippen molar-refractivity contribution in [2.24, 2.45) is 0 Å². The Morgan fingerprint density at radius 2 is 2.04 bits per heavy atom. The van der Waals surface area contributed by atoms with Crippen molar-refractivity contribution in [3.63, 3.8) is 0 Å². The van der Waals surface area contributed by atoms with Crippen LogP contribution >= 0.6 is 0 Å². The minimum absolute atomic E-state index is 0.118. The molecule has 1 aromatic heterocycles. The van der Waals surface area contributed by atoms with Gasteiger partial charge in [-0.15, -0.1) is 0 Å². The molecule has 2 aromatic rings. The molecule has 5 heteroatoms. The third-order valence-electron chi connectivity index (χ3n) is 4.76. The van der Waals surface area contributed by atoms with Crippen molar-refractivity contribution in [1.82, 2.24) is 9.88 Å². The number of hydrogen-bond acceptors (Lipinski definition) is 3. The lowest BCUT2D eigenvalue weighted by molar-refractivity contribution is -0.132. The van der Waals surface area contributed by atoms with Gasteiger partial charge in [0.15, 0.2) is 11.7 Å². The number of aryl methyl sites for hydroxylation is 1. The van der Waals surface area contributed by atoms with Gasteiger partial charge in [-0.25, -0.2) is 9.37 Å². The van der Waals surface area contributed by atoms with Gasteiger partial charge in [0.1, 0.15) is 5.82 Å². The topological polar surface area (TPSA) is 46.3 Å². The van der Waals surface area contributed by atoms with E-state index < -0.39 is 0 Å². The van der Waals surface area contributed by atoms with Crippen molar-refractivity contribution in [2.45, 2.75) is 51.0 Å². The molecule has 0 unspecified atom stereocenters. The van der Waals surface area contributed by atoms with Crippen LogP contribution in [0.4, 0.5) is 4.39 Å². The fourth-order valence-corrected chi connectivity index (χ4v) is 3.27. The predicted octanol–water partition coefficient (Wildman–Crippen LogP) is 4.20. The van der Waals surface area contributed by atoms with E-state index in [0.29, 0.717) is 36.1 Å². The molecule has 0 bridgehead atoms. The SMILES string of the molecule is CN(C(=O)CCc1ncc(-c2ccccc2F)o1)C1CCCCC1. The first-order valence-electron chi connectivity index (χ1n) is 8.60. The molecule has 1 saturated carbocycles. The molecule has 1 aliphatic carbocycles.